The van der Waals surface area contributed by atoms with E-state index in [0.717, 1.165) is 19.8 Å². The van der Waals surface area contributed by atoms with Gasteiger partial charge in [-0.2, -0.15) is 0 Å². The molecule has 2 aromatic rings. The lowest BCUT2D eigenvalue weighted by atomic mass is 10.2. The average Bonchev–Trinajstić information content (AvgIpc) is 2.67. The van der Waals surface area contributed by atoms with Crippen LogP contribution in [0.5, 0.6) is 0 Å². The molecule has 2 rings (SSSR count). The minimum atomic E-state index is 0.00256. The molecule has 0 aliphatic rings. The Labute approximate surface area is 106 Å². The highest BCUT2D eigenvalue weighted by atomic mass is 35.5. The van der Waals surface area contributed by atoms with Crippen LogP contribution in [0.1, 0.15) is 10.6 Å². The highest BCUT2D eigenvalue weighted by Gasteiger charge is 2.07. The minimum Gasteiger partial charge on any atom is -0.392 e. The second-order valence-electron chi connectivity index (χ2n) is 3.11. The van der Waals surface area contributed by atoms with Gasteiger partial charge in [0.1, 0.15) is 5.01 Å². The van der Waals surface area contributed by atoms with Crippen molar-refractivity contribution in [3.05, 3.63) is 33.8 Å². The van der Waals surface area contributed by atoms with E-state index in [9.17, 15) is 0 Å². The maximum atomic E-state index is 8.96. The number of benzene rings is 1. The first-order chi connectivity index (χ1) is 7.69. The van der Waals surface area contributed by atoms with Crippen molar-refractivity contribution >= 4 is 34.7 Å². The van der Waals surface area contributed by atoms with E-state index in [1.165, 1.54) is 23.1 Å². The maximum absolute atomic E-state index is 8.96. The fourth-order valence-corrected chi connectivity index (χ4v) is 3.23. The van der Waals surface area contributed by atoms with Gasteiger partial charge in [0, 0.05) is 4.90 Å². The second kappa shape index (κ2) is 5.14. The number of nitrogens with zero attached hydrogens (tertiary/aromatic N) is 2. The number of halogens is 1. The molecular weight excluding hydrogens is 264 g/mol. The van der Waals surface area contributed by atoms with E-state index in [0.29, 0.717) is 5.02 Å². The molecule has 1 N–H and O–H groups in total. The van der Waals surface area contributed by atoms with Gasteiger partial charge in [-0.3, -0.25) is 0 Å². The molecule has 0 aliphatic carbocycles. The second-order valence-corrected chi connectivity index (χ2v) is 5.99. The van der Waals surface area contributed by atoms with Gasteiger partial charge >= 0.3 is 0 Å². The van der Waals surface area contributed by atoms with Crippen molar-refractivity contribution in [3.63, 3.8) is 0 Å². The largest absolute Gasteiger partial charge is 0.392 e. The number of rotatable bonds is 3. The third-order valence-corrected chi connectivity index (χ3v) is 4.27. The molecule has 84 valence electrons. The molecule has 0 unspecified atom stereocenters. The standard InChI is InChI=1S/C10H9ClN2OS2/c1-6-12-13-10(15-6)16-9-3-2-7(5-14)4-8(9)11/h2-4,14H,5H2,1H3. The average molecular weight is 273 g/mol. The van der Waals surface area contributed by atoms with Gasteiger partial charge in [-0.25, -0.2) is 0 Å². The summed E-state index contributed by atoms with van der Waals surface area (Å²) < 4.78 is 0.871. The van der Waals surface area contributed by atoms with Gasteiger partial charge in [0.25, 0.3) is 0 Å². The van der Waals surface area contributed by atoms with Crippen molar-refractivity contribution < 1.29 is 5.11 Å². The lowest BCUT2D eigenvalue weighted by Gasteiger charge is -2.02. The minimum absolute atomic E-state index is 0.00256. The van der Waals surface area contributed by atoms with E-state index in [4.69, 9.17) is 16.7 Å². The zero-order valence-electron chi connectivity index (χ0n) is 8.48. The summed E-state index contributed by atoms with van der Waals surface area (Å²) in [6.07, 6.45) is 0. The molecule has 0 aliphatic heterocycles. The molecular formula is C10H9ClN2OS2. The molecule has 1 heterocycles. The predicted octanol–water partition coefficient (Wildman–Crippen LogP) is 3.14. The zero-order valence-corrected chi connectivity index (χ0v) is 10.9. The normalized spacial score (nSPS) is 10.7. The first-order valence-corrected chi connectivity index (χ1v) is 6.57. The number of aromatic nitrogens is 2. The molecule has 0 fully saturated rings. The van der Waals surface area contributed by atoms with Crippen LogP contribution in [-0.4, -0.2) is 15.3 Å². The maximum Gasteiger partial charge on any atom is 0.179 e. The van der Waals surface area contributed by atoms with E-state index in [1.54, 1.807) is 6.07 Å². The third-order valence-electron chi connectivity index (χ3n) is 1.88. The van der Waals surface area contributed by atoms with E-state index in [-0.39, 0.29) is 6.61 Å². The van der Waals surface area contributed by atoms with Crippen LogP contribution >= 0.6 is 34.7 Å². The number of hydrogen-bond donors (Lipinski definition) is 1. The quantitative estimate of drug-likeness (QED) is 0.932. The number of aliphatic hydroxyl groups excluding tert-OH is 1. The molecule has 6 heteroatoms. The van der Waals surface area contributed by atoms with E-state index in [2.05, 4.69) is 10.2 Å². The smallest absolute Gasteiger partial charge is 0.179 e. The van der Waals surface area contributed by atoms with Gasteiger partial charge in [0.15, 0.2) is 4.34 Å². The van der Waals surface area contributed by atoms with E-state index < -0.39 is 0 Å². The van der Waals surface area contributed by atoms with E-state index in [1.807, 2.05) is 19.1 Å². The van der Waals surface area contributed by atoms with Gasteiger partial charge in [-0.1, -0.05) is 40.8 Å². The Balaban J connectivity index is 2.21. The van der Waals surface area contributed by atoms with Crippen molar-refractivity contribution in [1.82, 2.24) is 10.2 Å². The highest BCUT2D eigenvalue weighted by Crippen LogP contribution is 2.35. The molecule has 0 atom stereocenters. The highest BCUT2D eigenvalue weighted by molar-refractivity contribution is 8.01. The molecule has 16 heavy (non-hydrogen) atoms. The van der Waals surface area contributed by atoms with Crippen molar-refractivity contribution in [2.75, 3.05) is 0 Å². The Kier molecular flexibility index (Phi) is 3.81. The SMILES string of the molecule is Cc1nnc(Sc2ccc(CO)cc2Cl)s1. The molecule has 0 amide bonds. The molecule has 0 saturated heterocycles. The summed E-state index contributed by atoms with van der Waals surface area (Å²) in [5.74, 6) is 0. The van der Waals surface area contributed by atoms with E-state index >= 15 is 0 Å². The summed E-state index contributed by atoms with van der Waals surface area (Å²) >= 11 is 9.11. The van der Waals surface area contributed by atoms with Crippen LogP contribution in [0.3, 0.4) is 0 Å². The molecule has 1 aromatic heterocycles. The number of hydrogen-bond acceptors (Lipinski definition) is 5. The number of aliphatic hydroxyl groups is 1. The van der Waals surface area contributed by atoms with Gasteiger partial charge in [0.2, 0.25) is 0 Å². The molecule has 0 spiro atoms. The van der Waals surface area contributed by atoms with Crippen LogP contribution in [0.25, 0.3) is 0 Å². The Morgan fingerprint density at radius 3 is 2.81 bits per heavy atom. The lowest BCUT2D eigenvalue weighted by molar-refractivity contribution is 0.282. The Bertz CT molecular complexity index is 501. The van der Waals surface area contributed by atoms with Crippen molar-refractivity contribution in [2.24, 2.45) is 0 Å². The molecule has 0 bridgehead atoms. The summed E-state index contributed by atoms with van der Waals surface area (Å²) in [5, 5.41) is 18.5. The van der Waals surface area contributed by atoms with Crippen LogP contribution in [0, 0.1) is 6.92 Å². The lowest BCUT2D eigenvalue weighted by Crippen LogP contribution is -1.83. The summed E-state index contributed by atoms with van der Waals surface area (Å²) in [6, 6.07) is 5.50. The first kappa shape index (κ1) is 11.9. The third kappa shape index (κ3) is 2.74. The van der Waals surface area contributed by atoms with Crippen molar-refractivity contribution in [3.8, 4) is 0 Å². The molecule has 3 nitrogen and oxygen atoms in total. The van der Waals surface area contributed by atoms with Crippen molar-refractivity contribution in [2.45, 2.75) is 22.8 Å². The Hall–Kier alpha value is -0.620. The number of aryl methyl sites for hydroxylation is 1. The van der Waals surface area contributed by atoms with Gasteiger partial charge in [-0.15, -0.1) is 10.2 Å². The molecule has 0 radical (unpaired) electrons. The van der Waals surface area contributed by atoms with Crippen LogP contribution in [0.4, 0.5) is 0 Å². The Morgan fingerprint density at radius 1 is 1.44 bits per heavy atom. The monoisotopic (exact) mass is 272 g/mol. The first-order valence-electron chi connectivity index (χ1n) is 4.56. The fourth-order valence-electron chi connectivity index (χ4n) is 1.14. The summed E-state index contributed by atoms with van der Waals surface area (Å²) in [4.78, 5) is 0.926. The van der Waals surface area contributed by atoms with Crippen LogP contribution in [-0.2, 0) is 6.61 Å². The van der Waals surface area contributed by atoms with Gasteiger partial charge < -0.3 is 5.11 Å². The summed E-state index contributed by atoms with van der Waals surface area (Å²) in [6.45, 7) is 1.92. The molecule has 0 saturated carbocycles. The fraction of sp³-hybridized carbons (Fsp3) is 0.200. The Morgan fingerprint density at radius 2 is 2.25 bits per heavy atom. The van der Waals surface area contributed by atoms with Gasteiger partial charge in [-0.05, 0) is 24.6 Å². The topological polar surface area (TPSA) is 46.0 Å². The van der Waals surface area contributed by atoms with Crippen LogP contribution in [0.15, 0.2) is 27.4 Å². The van der Waals surface area contributed by atoms with Crippen LogP contribution in [0.2, 0.25) is 5.02 Å². The van der Waals surface area contributed by atoms with Crippen LogP contribution < -0.4 is 0 Å². The van der Waals surface area contributed by atoms with Crippen molar-refractivity contribution in [1.29, 1.82) is 0 Å². The molecule has 1 aromatic carbocycles. The predicted molar refractivity (Wildman–Crippen MR) is 66.1 cm³/mol. The summed E-state index contributed by atoms with van der Waals surface area (Å²) in [5.41, 5.74) is 0.808. The zero-order chi connectivity index (χ0) is 11.5. The van der Waals surface area contributed by atoms with Gasteiger partial charge in [0.05, 0.1) is 11.6 Å². The summed E-state index contributed by atoms with van der Waals surface area (Å²) in [7, 11) is 0.